The van der Waals surface area contributed by atoms with E-state index in [1.165, 1.54) is 5.39 Å². The number of nitrogens with zero attached hydrogens (tertiary/aromatic N) is 2. The van der Waals surface area contributed by atoms with Crippen LogP contribution in [0.15, 0.2) is 84.9 Å². The number of rotatable bonds is 10. The van der Waals surface area contributed by atoms with E-state index in [4.69, 9.17) is 15.9 Å². The van der Waals surface area contributed by atoms with Crippen molar-refractivity contribution >= 4 is 39.9 Å². The highest BCUT2D eigenvalue weighted by molar-refractivity contribution is 5.96. The number of nitrogens with two attached hydrogens (primary N) is 1. The topological polar surface area (TPSA) is 99.7 Å². The Morgan fingerprint density at radius 3 is 2.46 bits per heavy atom. The summed E-state index contributed by atoms with van der Waals surface area (Å²) in [7, 11) is 0. The minimum absolute atomic E-state index is 0.0370. The highest BCUT2D eigenvalue weighted by Gasteiger charge is 2.24. The van der Waals surface area contributed by atoms with Crippen molar-refractivity contribution in [2.45, 2.75) is 39.2 Å². The highest BCUT2D eigenvalue weighted by Crippen LogP contribution is 2.32. The molecule has 5 rings (SSSR count). The van der Waals surface area contributed by atoms with Crippen LogP contribution in [-0.4, -0.2) is 37.4 Å². The van der Waals surface area contributed by atoms with Crippen molar-refractivity contribution in [3.8, 4) is 0 Å². The third-order valence-electron chi connectivity index (χ3n) is 7.55. The van der Waals surface area contributed by atoms with Crippen LogP contribution in [0.2, 0.25) is 0 Å². The van der Waals surface area contributed by atoms with Gasteiger partial charge in [0, 0.05) is 36.4 Å². The Kier molecular flexibility index (Phi) is 8.63. The van der Waals surface area contributed by atoms with Gasteiger partial charge in [-0.3, -0.25) is 15.0 Å². The van der Waals surface area contributed by atoms with Crippen molar-refractivity contribution in [2.75, 3.05) is 29.5 Å². The Morgan fingerprint density at radius 1 is 0.951 bits per heavy atom. The lowest BCUT2D eigenvalue weighted by atomic mass is 9.99. The summed E-state index contributed by atoms with van der Waals surface area (Å²) in [6.07, 6.45) is 2.79. The van der Waals surface area contributed by atoms with Gasteiger partial charge in [-0.25, -0.2) is 0 Å². The number of hydrogen-bond acceptors (Lipinski definition) is 5. The van der Waals surface area contributed by atoms with Gasteiger partial charge in [-0.15, -0.1) is 0 Å². The Labute approximate surface area is 241 Å². The zero-order valence-corrected chi connectivity index (χ0v) is 23.4. The van der Waals surface area contributed by atoms with Gasteiger partial charge in [-0.05, 0) is 77.9 Å². The summed E-state index contributed by atoms with van der Waals surface area (Å²) in [4.78, 5) is 29.8. The van der Waals surface area contributed by atoms with Crippen LogP contribution in [-0.2, 0) is 33.7 Å². The molecule has 1 amide bonds. The molecule has 0 saturated heterocycles. The molecule has 0 unspecified atom stereocenters. The normalized spacial score (nSPS) is 12.6. The molecule has 1 aliphatic heterocycles. The second-order valence-electron chi connectivity index (χ2n) is 10.4. The maximum Gasteiger partial charge on any atom is 0.325 e. The number of amides is 1. The number of anilines is 2. The third-order valence-corrected chi connectivity index (χ3v) is 7.55. The highest BCUT2D eigenvalue weighted by atomic mass is 16.5. The molecule has 0 radical (unpaired) electrons. The molecule has 1 aliphatic rings. The van der Waals surface area contributed by atoms with Crippen molar-refractivity contribution in [3.63, 3.8) is 0 Å². The van der Waals surface area contributed by atoms with E-state index in [1.807, 2.05) is 65.3 Å². The lowest BCUT2D eigenvalue weighted by Gasteiger charge is -2.32. The lowest BCUT2D eigenvalue weighted by molar-refractivity contribution is -0.141. The van der Waals surface area contributed by atoms with Crippen molar-refractivity contribution < 1.29 is 14.3 Å². The second kappa shape index (κ2) is 12.7. The molecule has 3 N–H and O–H groups in total. The fourth-order valence-electron chi connectivity index (χ4n) is 5.43. The standard InChI is InChI=1S/C34H36N4O3/c1-2-41-33(40)23-37(22-25-11-13-26-6-3-4-7-28(26)20-25)30-16-17-31-29(21-30)8-5-19-38(31)32(39)18-12-24-9-14-27(15-10-24)34(35)36/h3-4,6-7,9-11,13-17,20-21H,2,5,8,12,18-19,22-23H2,1H3,(H3,35,36). The summed E-state index contributed by atoms with van der Waals surface area (Å²) in [5.41, 5.74) is 11.4. The van der Waals surface area contributed by atoms with Gasteiger partial charge in [0.2, 0.25) is 5.91 Å². The van der Waals surface area contributed by atoms with E-state index in [-0.39, 0.29) is 24.3 Å². The van der Waals surface area contributed by atoms with E-state index in [2.05, 4.69) is 36.4 Å². The molecule has 0 spiro atoms. The molecular weight excluding hydrogens is 512 g/mol. The van der Waals surface area contributed by atoms with Crippen molar-refractivity contribution in [3.05, 3.63) is 107 Å². The largest absolute Gasteiger partial charge is 0.465 e. The molecule has 7 heteroatoms. The van der Waals surface area contributed by atoms with Gasteiger partial charge >= 0.3 is 5.97 Å². The van der Waals surface area contributed by atoms with E-state index >= 15 is 0 Å². The van der Waals surface area contributed by atoms with Gasteiger partial charge < -0.3 is 20.3 Å². The third kappa shape index (κ3) is 6.74. The van der Waals surface area contributed by atoms with E-state index in [9.17, 15) is 9.59 Å². The Balaban J connectivity index is 1.34. The van der Waals surface area contributed by atoms with Gasteiger partial charge in [-0.1, -0.05) is 60.7 Å². The number of aryl methyl sites for hydroxylation is 2. The van der Waals surface area contributed by atoms with Crippen LogP contribution in [0.1, 0.15) is 42.0 Å². The van der Waals surface area contributed by atoms with Crippen LogP contribution in [0.3, 0.4) is 0 Å². The van der Waals surface area contributed by atoms with E-state index in [0.29, 0.717) is 38.1 Å². The van der Waals surface area contributed by atoms with E-state index < -0.39 is 0 Å². The predicted molar refractivity (Wildman–Crippen MR) is 165 cm³/mol. The zero-order chi connectivity index (χ0) is 28.8. The van der Waals surface area contributed by atoms with Gasteiger partial charge in [0.1, 0.15) is 12.4 Å². The number of nitrogen functional groups attached to an aromatic ring is 1. The van der Waals surface area contributed by atoms with Crippen LogP contribution in [0, 0.1) is 5.41 Å². The molecule has 41 heavy (non-hydrogen) atoms. The minimum atomic E-state index is -0.265. The summed E-state index contributed by atoms with van der Waals surface area (Å²) in [5.74, 6) is -0.136. The number of hydrogen-bond donors (Lipinski definition) is 2. The first kappa shape index (κ1) is 27.9. The fourth-order valence-corrected chi connectivity index (χ4v) is 5.43. The average molecular weight is 549 g/mol. The molecular formula is C34H36N4O3. The van der Waals surface area contributed by atoms with Crippen LogP contribution >= 0.6 is 0 Å². The molecule has 0 aliphatic carbocycles. The van der Waals surface area contributed by atoms with Gasteiger partial charge in [0.25, 0.3) is 0 Å². The van der Waals surface area contributed by atoms with Crippen molar-refractivity contribution in [2.24, 2.45) is 5.73 Å². The van der Waals surface area contributed by atoms with Crippen LogP contribution in [0.25, 0.3) is 10.8 Å². The monoisotopic (exact) mass is 548 g/mol. The summed E-state index contributed by atoms with van der Waals surface area (Å²) in [6.45, 7) is 3.55. The quantitative estimate of drug-likeness (QED) is 0.153. The molecule has 0 fully saturated rings. The maximum atomic E-state index is 13.3. The second-order valence-corrected chi connectivity index (χ2v) is 10.4. The van der Waals surface area contributed by atoms with Gasteiger partial charge in [0.05, 0.1) is 6.61 Å². The summed E-state index contributed by atoms with van der Waals surface area (Å²) in [5, 5.41) is 9.89. The molecule has 4 aromatic carbocycles. The Bertz CT molecular complexity index is 1560. The Hall–Kier alpha value is -4.65. The Morgan fingerprint density at radius 2 is 1.71 bits per heavy atom. The first-order valence-electron chi connectivity index (χ1n) is 14.2. The minimum Gasteiger partial charge on any atom is -0.465 e. The molecule has 210 valence electrons. The predicted octanol–water partition coefficient (Wildman–Crippen LogP) is 5.61. The smallest absolute Gasteiger partial charge is 0.325 e. The zero-order valence-electron chi connectivity index (χ0n) is 23.4. The van der Waals surface area contributed by atoms with Gasteiger partial charge in [0.15, 0.2) is 0 Å². The number of fused-ring (bicyclic) bond motifs is 2. The lowest BCUT2D eigenvalue weighted by Crippen LogP contribution is -2.36. The first-order valence-corrected chi connectivity index (χ1v) is 14.2. The summed E-state index contributed by atoms with van der Waals surface area (Å²) in [6, 6.07) is 28.3. The fraction of sp³-hybridized carbons (Fsp3) is 0.265. The van der Waals surface area contributed by atoms with Crippen molar-refractivity contribution in [1.82, 2.24) is 0 Å². The molecule has 7 nitrogen and oxygen atoms in total. The number of carbonyl (C=O) groups excluding carboxylic acids is 2. The first-order chi connectivity index (χ1) is 19.9. The molecule has 0 aromatic heterocycles. The molecule has 0 atom stereocenters. The summed E-state index contributed by atoms with van der Waals surface area (Å²) < 4.78 is 5.29. The van der Waals surface area contributed by atoms with Gasteiger partial charge in [-0.2, -0.15) is 0 Å². The summed E-state index contributed by atoms with van der Waals surface area (Å²) >= 11 is 0. The number of benzene rings is 4. The molecule has 4 aromatic rings. The number of nitrogens with one attached hydrogen (secondary N) is 1. The maximum absolute atomic E-state index is 13.3. The van der Waals surface area contributed by atoms with E-state index in [0.717, 1.165) is 46.3 Å². The number of esters is 1. The van der Waals surface area contributed by atoms with Crippen molar-refractivity contribution in [1.29, 1.82) is 5.41 Å². The van der Waals surface area contributed by atoms with Crippen LogP contribution < -0.4 is 15.5 Å². The van der Waals surface area contributed by atoms with Crippen LogP contribution in [0.4, 0.5) is 11.4 Å². The SMILES string of the molecule is CCOC(=O)CN(Cc1ccc2ccccc2c1)c1ccc2c(c1)CCCN2C(=O)CCc1ccc(C(=N)N)cc1. The number of ether oxygens (including phenoxy) is 1. The molecule has 0 saturated carbocycles. The molecule has 0 bridgehead atoms. The average Bonchev–Trinajstić information content (AvgIpc) is 2.99. The number of carbonyl (C=O) groups is 2. The van der Waals surface area contributed by atoms with Crippen LogP contribution in [0.5, 0.6) is 0 Å². The number of amidine groups is 1. The molecule has 1 heterocycles. The van der Waals surface area contributed by atoms with E-state index in [1.54, 1.807) is 0 Å².